The SMILES string of the molecule is CCC(N)(CC)CNc1nc2c([N+](=O)[O-])cccc2o1. The van der Waals surface area contributed by atoms with E-state index in [1.807, 2.05) is 13.8 Å². The number of nitrogens with two attached hydrogens (primary N) is 1. The topological polar surface area (TPSA) is 107 Å². The molecule has 2 rings (SSSR count). The number of nitrogens with zero attached hydrogens (tertiary/aromatic N) is 2. The van der Waals surface area contributed by atoms with Crippen LogP contribution in [0.1, 0.15) is 26.7 Å². The summed E-state index contributed by atoms with van der Waals surface area (Å²) in [5.41, 5.74) is 6.40. The van der Waals surface area contributed by atoms with Crippen LogP contribution in [0.5, 0.6) is 0 Å². The van der Waals surface area contributed by atoms with E-state index in [-0.39, 0.29) is 22.8 Å². The van der Waals surface area contributed by atoms with Gasteiger partial charge in [-0.1, -0.05) is 19.9 Å². The normalized spacial score (nSPS) is 11.8. The van der Waals surface area contributed by atoms with Gasteiger partial charge >= 0.3 is 0 Å². The van der Waals surface area contributed by atoms with Crippen molar-refractivity contribution in [2.45, 2.75) is 32.2 Å². The van der Waals surface area contributed by atoms with Crippen LogP contribution in [0.25, 0.3) is 11.1 Å². The molecule has 0 radical (unpaired) electrons. The second-order valence-corrected chi connectivity index (χ2v) is 4.82. The molecule has 0 amide bonds. The maximum absolute atomic E-state index is 10.9. The monoisotopic (exact) mass is 278 g/mol. The van der Waals surface area contributed by atoms with Gasteiger partial charge in [0.05, 0.1) is 4.92 Å². The van der Waals surface area contributed by atoms with E-state index < -0.39 is 4.92 Å². The number of hydrogen-bond acceptors (Lipinski definition) is 6. The largest absolute Gasteiger partial charge is 0.423 e. The Labute approximate surface area is 116 Å². The number of rotatable bonds is 6. The maximum Gasteiger partial charge on any atom is 0.298 e. The first kappa shape index (κ1) is 14.3. The highest BCUT2D eigenvalue weighted by Crippen LogP contribution is 2.27. The fourth-order valence-electron chi connectivity index (χ4n) is 1.91. The van der Waals surface area contributed by atoms with Gasteiger partial charge in [0.2, 0.25) is 0 Å². The van der Waals surface area contributed by atoms with Crippen LogP contribution in [-0.2, 0) is 0 Å². The van der Waals surface area contributed by atoms with Crippen LogP contribution in [0.3, 0.4) is 0 Å². The quantitative estimate of drug-likeness (QED) is 0.621. The molecule has 0 saturated heterocycles. The van der Waals surface area contributed by atoms with Crippen molar-refractivity contribution in [2.75, 3.05) is 11.9 Å². The van der Waals surface area contributed by atoms with Crippen molar-refractivity contribution in [3.63, 3.8) is 0 Å². The van der Waals surface area contributed by atoms with Crippen molar-refractivity contribution in [3.8, 4) is 0 Å². The molecule has 0 saturated carbocycles. The zero-order chi connectivity index (χ0) is 14.8. The van der Waals surface area contributed by atoms with Gasteiger partial charge in [-0.3, -0.25) is 10.1 Å². The minimum absolute atomic E-state index is 0.0655. The molecule has 0 unspecified atom stereocenters. The lowest BCUT2D eigenvalue weighted by atomic mass is 9.94. The van der Waals surface area contributed by atoms with Crippen LogP contribution in [-0.4, -0.2) is 22.0 Å². The Hall–Kier alpha value is -2.15. The number of nitrogens with one attached hydrogen (secondary N) is 1. The molecule has 108 valence electrons. The zero-order valence-electron chi connectivity index (χ0n) is 11.5. The lowest BCUT2D eigenvalue weighted by Gasteiger charge is -2.26. The molecule has 0 fully saturated rings. The fraction of sp³-hybridized carbons (Fsp3) is 0.462. The number of hydrogen-bond donors (Lipinski definition) is 2. The summed E-state index contributed by atoms with van der Waals surface area (Å²) < 4.78 is 5.46. The van der Waals surface area contributed by atoms with E-state index >= 15 is 0 Å². The summed E-state index contributed by atoms with van der Waals surface area (Å²) in [4.78, 5) is 14.6. The lowest BCUT2D eigenvalue weighted by Crippen LogP contribution is -2.45. The third-order valence-electron chi connectivity index (χ3n) is 3.59. The van der Waals surface area contributed by atoms with Crippen molar-refractivity contribution in [1.29, 1.82) is 0 Å². The highest BCUT2D eigenvalue weighted by atomic mass is 16.6. The van der Waals surface area contributed by atoms with E-state index in [0.29, 0.717) is 12.1 Å². The van der Waals surface area contributed by atoms with Crippen LogP contribution >= 0.6 is 0 Å². The summed E-state index contributed by atoms with van der Waals surface area (Å²) in [7, 11) is 0. The van der Waals surface area contributed by atoms with Crippen molar-refractivity contribution in [3.05, 3.63) is 28.3 Å². The van der Waals surface area contributed by atoms with Gasteiger partial charge in [0.25, 0.3) is 11.7 Å². The maximum atomic E-state index is 10.9. The van der Waals surface area contributed by atoms with E-state index in [9.17, 15) is 10.1 Å². The number of fused-ring (bicyclic) bond motifs is 1. The molecule has 7 heteroatoms. The average Bonchev–Trinajstić information content (AvgIpc) is 2.87. The van der Waals surface area contributed by atoms with Crippen molar-refractivity contribution in [1.82, 2.24) is 4.98 Å². The third-order valence-corrected chi connectivity index (χ3v) is 3.59. The van der Waals surface area contributed by atoms with Crippen molar-refractivity contribution >= 4 is 22.8 Å². The standard InChI is InChI=1S/C13H18N4O3/c1-3-13(14,4-2)8-15-12-16-11-9(17(18)19)6-5-7-10(11)20-12/h5-7H,3-4,8,14H2,1-2H3,(H,15,16). The van der Waals surface area contributed by atoms with Gasteiger partial charge in [0, 0.05) is 18.2 Å². The Morgan fingerprint density at radius 2 is 2.15 bits per heavy atom. The highest BCUT2D eigenvalue weighted by Gasteiger charge is 2.22. The van der Waals surface area contributed by atoms with Gasteiger partial charge < -0.3 is 15.5 Å². The first-order valence-electron chi connectivity index (χ1n) is 6.56. The van der Waals surface area contributed by atoms with Gasteiger partial charge in [0.15, 0.2) is 11.1 Å². The van der Waals surface area contributed by atoms with Gasteiger partial charge in [-0.05, 0) is 18.9 Å². The summed E-state index contributed by atoms with van der Waals surface area (Å²) >= 11 is 0. The Morgan fingerprint density at radius 1 is 1.45 bits per heavy atom. The second-order valence-electron chi connectivity index (χ2n) is 4.82. The molecule has 1 heterocycles. The molecule has 0 aliphatic carbocycles. The highest BCUT2D eigenvalue weighted by molar-refractivity contribution is 5.83. The Bertz CT molecular complexity index is 619. The van der Waals surface area contributed by atoms with E-state index in [1.165, 1.54) is 6.07 Å². The molecule has 1 aromatic heterocycles. The first-order chi connectivity index (χ1) is 9.49. The molecule has 7 nitrogen and oxygen atoms in total. The number of aromatic nitrogens is 1. The number of anilines is 1. The summed E-state index contributed by atoms with van der Waals surface area (Å²) in [5, 5.41) is 13.9. The van der Waals surface area contributed by atoms with Crippen molar-refractivity contribution in [2.24, 2.45) is 5.73 Å². The molecule has 2 aromatic rings. The molecule has 0 aliphatic rings. The van der Waals surface area contributed by atoms with Gasteiger partial charge in [0.1, 0.15) is 0 Å². The molecule has 3 N–H and O–H groups in total. The number of nitro groups is 1. The van der Waals surface area contributed by atoms with E-state index in [2.05, 4.69) is 10.3 Å². The Balaban J connectivity index is 2.24. The van der Waals surface area contributed by atoms with E-state index in [0.717, 1.165) is 12.8 Å². The molecular formula is C13H18N4O3. The van der Waals surface area contributed by atoms with Gasteiger partial charge in [-0.25, -0.2) is 0 Å². The number of nitro benzene ring substituents is 1. The van der Waals surface area contributed by atoms with Crippen LogP contribution in [0.2, 0.25) is 0 Å². The molecule has 0 aliphatic heterocycles. The summed E-state index contributed by atoms with van der Waals surface area (Å²) in [6, 6.07) is 4.88. The Morgan fingerprint density at radius 3 is 2.75 bits per heavy atom. The molecule has 0 spiro atoms. The number of non-ortho nitro benzene ring substituents is 1. The van der Waals surface area contributed by atoms with Crippen LogP contribution in [0.4, 0.5) is 11.7 Å². The molecule has 1 aromatic carbocycles. The van der Waals surface area contributed by atoms with Gasteiger partial charge in [-0.15, -0.1) is 0 Å². The lowest BCUT2D eigenvalue weighted by molar-refractivity contribution is -0.383. The first-order valence-corrected chi connectivity index (χ1v) is 6.56. The minimum Gasteiger partial charge on any atom is -0.423 e. The van der Waals surface area contributed by atoms with Crippen LogP contribution < -0.4 is 11.1 Å². The smallest absolute Gasteiger partial charge is 0.298 e. The minimum atomic E-state index is -0.472. The summed E-state index contributed by atoms with van der Waals surface area (Å²) in [6.45, 7) is 4.53. The van der Waals surface area contributed by atoms with Gasteiger partial charge in [-0.2, -0.15) is 4.98 Å². The predicted molar refractivity (Wildman–Crippen MR) is 76.7 cm³/mol. The van der Waals surface area contributed by atoms with E-state index in [4.69, 9.17) is 10.2 Å². The van der Waals surface area contributed by atoms with Crippen LogP contribution in [0.15, 0.2) is 22.6 Å². The predicted octanol–water partition coefficient (Wildman–Crippen LogP) is 2.67. The fourth-order valence-corrected chi connectivity index (χ4v) is 1.91. The third kappa shape index (κ3) is 2.72. The van der Waals surface area contributed by atoms with Crippen LogP contribution in [0, 0.1) is 10.1 Å². The molecular weight excluding hydrogens is 260 g/mol. The Kier molecular flexibility index (Phi) is 3.89. The molecule has 20 heavy (non-hydrogen) atoms. The second kappa shape index (κ2) is 5.46. The number of para-hydroxylation sites is 1. The summed E-state index contributed by atoms with van der Waals surface area (Å²) in [5.74, 6) is 0. The zero-order valence-corrected chi connectivity index (χ0v) is 11.5. The van der Waals surface area contributed by atoms with E-state index in [1.54, 1.807) is 12.1 Å². The molecule has 0 atom stereocenters. The number of benzene rings is 1. The summed E-state index contributed by atoms with van der Waals surface area (Å²) in [6.07, 6.45) is 1.63. The van der Waals surface area contributed by atoms with Crippen molar-refractivity contribution < 1.29 is 9.34 Å². The average molecular weight is 278 g/mol. The number of oxazole rings is 1. The molecule has 0 bridgehead atoms.